The van der Waals surface area contributed by atoms with Crippen LogP contribution < -0.4 is 5.32 Å². The van der Waals surface area contributed by atoms with Gasteiger partial charge >= 0.3 is 6.18 Å². The minimum Gasteiger partial charge on any atom is -0.313 e. The van der Waals surface area contributed by atoms with Gasteiger partial charge in [-0.25, -0.2) is 0 Å². The van der Waals surface area contributed by atoms with Gasteiger partial charge in [0.05, 0.1) is 6.54 Å². The van der Waals surface area contributed by atoms with Crippen LogP contribution in [0.5, 0.6) is 0 Å². The molecule has 0 spiro atoms. The Balaban J connectivity index is 2.40. The third-order valence-corrected chi connectivity index (χ3v) is 3.87. The highest BCUT2D eigenvalue weighted by molar-refractivity contribution is 4.84. The van der Waals surface area contributed by atoms with Crippen molar-refractivity contribution in [3.63, 3.8) is 0 Å². The Kier molecular flexibility index (Phi) is 6.56. The molecular weight excluding hydrogens is 255 g/mol. The Morgan fingerprint density at radius 2 is 1.68 bits per heavy atom. The van der Waals surface area contributed by atoms with E-state index >= 15 is 0 Å². The van der Waals surface area contributed by atoms with Crippen molar-refractivity contribution in [1.29, 1.82) is 0 Å². The Hall–Kier alpha value is -0.330. The van der Waals surface area contributed by atoms with Crippen molar-refractivity contribution in [1.82, 2.24) is 15.1 Å². The van der Waals surface area contributed by atoms with Crippen LogP contribution in [0.2, 0.25) is 0 Å². The van der Waals surface area contributed by atoms with E-state index in [-0.39, 0.29) is 0 Å². The second-order valence-corrected chi connectivity index (χ2v) is 5.24. The van der Waals surface area contributed by atoms with Gasteiger partial charge in [0.25, 0.3) is 0 Å². The number of nitrogens with zero attached hydrogens (tertiary/aromatic N) is 2. The Morgan fingerprint density at radius 3 is 2.11 bits per heavy atom. The Morgan fingerprint density at radius 1 is 1.11 bits per heavy atom. The molecule has 0 aromatic heterocycles. The lowest BCUT2D eigenvalue weighted by Gasteiger charge is -2.41. The number of halogens is 3. The number of hydrogen-bond acceptors (Lipinski definition) is 3. The molecule has 1 aliphatic rings. The molecule has 1 aliphatic heterocycles. The number of alkyl halides is 3. The fourth-order valence-electron chi connectivity index (χ4n) is 2.75. The van der Waals surface area contributed by atoms with Gasteiger partial charge in [0.2, 0.25) is 0 Å². The lowest BCUT2D eigenvalue weighted by atomic mass is 10.0. The topological polar surface area (TPSA) is 18.5 Å². The molecular formula is C13H26F3N3. The molecule has 0 radical (unpaired) electrons. The number of rotatable bonds is 6. The smallest absolute Gasteiger partial charge is 0.313 e. The van der Waals surface area contributed by atoms with Crippen LogP contribution in [-0.2, 0) is 0 Å². The number of likely N-dealkylation sites (N-methyl/N-ethyl adjacent to an activating group) is 1. The van der Waals surface area contributed by atoms with E-state index in [2.05, 4.69) is 31.0 Å². The van der Waals surface area contributed by atoms with Gasteiger partial charge in [0.15, 0.2) is 0 Å². The van der Waals surface area contributed by atoms with E-state index in [9.17, 15) is 13.2 Å². The maximum atomic E-state index is 12.3. The zero-order chi connectivity index (χ0) is 14.5. The first-order valence-corrected chi connectivity index (χ1v) is 7.14. The fourth-order valence-corrected chi connectivity index (χ4v) is 2.75. The molecule has 2 unspecified atom stereocenters. The van der Waals surface area contributed by atoms with Crippen LogP contribution in [0, 0.1) is 0 Å². The molecule has 2 atom stereocenters. The Bertz CT molecular complexity index is 250. The average Bonchev–Trinajstić information content (AvgIpc) is 2.34. The van der Waals surface area contributed by atoms with Crippen molar-refractivity contribution in [3.05, 3.63) is 0 Å². The van der Waals surface area contributed by atoms with Gasteiger partial charge in [0, 0.05) is 38.3 Å². The largest absolute Gasteiger partial charge is 0.401 e. The summed E-state index contributed by atoms with van der Waals surface area (Å²) in [5, 5.41) is 3.44. The van der Waals surface area contributed by atoms with Crippen LogP contribution in [0.1, 0.15) is 27.2 Å². The van der Waals surface area contributed by atoms with Crippen LogP contribution in [0.15, 0.2) is 0 Å². The van der Waals surface area contributed by atoms with Gasteiger partial charge in [-0.15, -0.1) is 0 Å². The van der Waals surface area contributed by atoms with Gasteiger partial charge in [-0.2, -0.15) is 13.2 Å². The first-order valence-electron chi connectivity index (χ1n) is 7.14. The second kappa shape index (κ2) is 7.45. The second-order valence-electron chi connectivity index (χ2n) is 5.24. The predicted octanol–water partition coefficient (Wildman–Crippen LogP) is 1.94. The van der Waals surface area contributed by atoms with Crippen LogP contribution in [0.25, 0.3) is 0 Å². The molecule has 1 fully saturated rings. The quantitative estimate of drug-likeness (QED) is 0.803. The maximum absolute atomic E-state index is 12.3. The minimum atomic E-state index is -4.08. The average molecular weight is 281 g/mol. The zero-order valence-corrected chi connectivity index (χ0v) is 12.1. The van der Waals surface area contributed by atoms with Gasteiger partial charge in [0.1, 0.15) is 0 Å². The van der Waals surface area contributed by atoms with E-state index < -0.39 is 12.7 Å². The third kappa shape index (κ3) is 5.67. The fraction of sp³-hybridized carbons (Fsp3) is 1.00. The SMILES string of the molecule is CCNC(CC)C(C)N1CCN(CC(F)(F)F)CC1. The molecule has 114 valence electrons. The van der Waals surface area contributed by atoms with E-state index in [1.807, 2.05) is 0 Å². The van der Waals surface area contributed by atoms with Crippen LogP contribution in [0.3, 0.4) is 0 Å². The van der Waals surface area contributed by atoms with Crippen molar-refractivity contribution in [2.24, 2.45) is 0 Å². The van der Waals surface area contributed by atoms with E-state index in [0.29, 0.717) is 25.2 Å². The molecule has 1 saturated heterocycles. The molecule has 6 heteroatoms. The normalized spacial score (nSPS) is 22.4. The summed E-state index contributed by atoms with van der Waals surface area (Å²) in [7, 11) is 0. The molecule has 0 aromatic carbocycles. The maximum Gasteiger partial charge on any atom is 0.401 e. The first-order chi connectivity index (χ1) is 8.87. The highest BCUT2D eigenvalue weighted by Crippen LogP contribution is 2.18. The van der Waals surface area contributed by atoms with Crippen LogP contribution in [-0.4, -0.2) is 67.3 Å². The Labute approximate surface area is 114 Å². The van der Waals surface area contributed by atoms with Crippen molar-refractivity contribution >= 4 is 0 Å². The number of nitrogens with one attached hydrogen (secondary N) is 1. The van der Waals surface area contributed by atoms with E-state index in [1.165, 1.54) is 4.90 Å². The van der Waals surface area contributed by atoms with Gasteiger partial charge < -0.3 is 5.32 Å². The summed E-state index contributed by atoms with van der Waals surface area (Å²) >= 11 is 0. The lowest BCUT2D eigenvalue weighted by molar-refractivity contribution is -0.149. The highest BCUT2D eigenvalue weighted by Gasteiger charge is 2.33. The molecule has 0 bridgehead atoms. The van der Waals surface area contributed by atoms with Gasteiger partial charge in [-0.1, -0.05) is 13.8 Å². The summed E-state index contributed by atoms with van der Waals surface area (Å²) in [5.41, 5.74) is 0. The van der Waals surface area contributed by atoms with Gasteiger partial charge in [-0.05, 0) is 19.9 Å². The van der Waals surface area contributed by atoms with E-state index in [0.717, 1.165) is 26.1 Å². The van der Waals surface area contributed by atoms with Crippen LogP contribution >= 0.6 is 0 Å². The van der Waals surface area contributed by atoms with Gasteiger partial charge in [-0.3, -0.25) is 9.80 Å². The van der Waals surface area contributed by atoms with Crippen molar-refractivity contribution < 1.29 is 13.2 Å². The van der Waals surface area contributed by atoms with Crippen molar-refractivity contribution in [2.75, 3.05) is 39.3 Å². The van der Waals surface area contributed by atoms with E-state index in [1.54, 1.807) is 0 Å². The zero-order valence-electron chi connectivity index (χ0n) is 12.1. The molecule has 19 heavy (non-hydrogen) atoms. The third-order valence-electron chi connectivity index (χ3n) is 3.87. The summed E-state index contributed by atoms with van der Waals surface area (Å²) in [5.74, 6) is 0. The summed E-state index contributed by atoms with van der Waals surface area (Å²) in [6.07, 6.45) is -3.04. The first kappa shape index (κ1) is 16.7. The molecule has 1 N–H and O–H groups in total. The van der Waals surface area contributed by atoms with Crippen molar-refractivity contribution in [2.45, 2.75) is 45.5 Å². The number of hydrogen-bond donors (Lipinski definition) is 1. The standard InChI is InChI=1S/C13H26F3N3/c1-4-12(17-5-2)11(3)19-8-6-18(7-9-19)10-13(14,15)16/h11-12,17H,4-10H2,1-3H3. The molecule has 0 amide bonds. The summed E-state index contributed by atoms with van der Waals surface area (Å²) in [4.78, 5) is 3.79. The molecule has 3 nitrogen and oxygen atoms in total. The summed E-state index contributed by atoms with van der Waals surface area (Å²) < 4.78 is 36.9. The minimum absolute atomic E-state index is 0.373. The number of piperazine rings is 1. The predicted molar refractivity (Wildman–Crippen MR) is 71.3 cm³/mol. The highest BCUT2D eigenvalue weighted by atomic mass is 19.4. The lowest BCUT2D eigenvalue weighted by Crippen LogP contribution is -2.56. The molecule has 1 rings (SSSR count). The molecule has 0 aliphatic carbocycles. The molecule has 0 saturated carbocycles. The molecule has 1 heterocycles. The van der Waals surface area contributed by atoms with Crippen LogP contribution in [0.4, 0.5) is 13.2 Å². The summed E-state index contributed by atoms with van der Waals surface area (Å²) in [6, 6.07) is 0.789. The summed E-state index contributed by atoms with van der Waals surface area (Å²) in [6.45, 7) is 8.99. The van der Waals surface area contributed by atoms with E-state index in [4.69, 9.17) is 0 Å². The van der Waals surface area contributed by atoms with Crippen molar-refractivity contribution in [3.8, 4) is 0 Å². The molecule has 0 aromatic rings. The monoisotopic (exact) mass is 281 g/mol.